The topological polar surface area (TPSA) is 29.5 Å². The van der Waals surface area contributed by atoms with E-state index in [1.165, 1.54) is 0 Å². The lowest BCUT2D eigenvalue weighted by atomic mass is 10.1. The largest absolute Gasteiger partial charge is 0.417 e. The predicted octanol–water partition coefficient (Wildman–Crippen LogP) is 3.42. The molecule has 0 saturated carbocycles. The van der Waals surface area contributed by atoms with E-state index in [1.54, 1.807) is 0 Å². The lowest BCUT2D eigenvalue weighted by Crippen LogP contribution is -2.41. The molecule has 0 unspecified atom stereocenters. The van der Waals surface area contributed by atoms with Gasteiger partial charge in [0.2, 0.25) is 0 Å². The Morgan fingerprint density at radius 3 is 2.13 bits per heavy atom. The summed E-state index contributed by atoms with van der Waals surface area (Å²) in [5.74, 6) is 0.412. The van der Waals surface area contributed by atoms with Crippen LogP contribution in [-0.4, -0.2) is 26.6 Å². The average molecular weight is 232 g/mol. The Kier molecular flexibility index (Phi) is 6.07. The fourth-order valence-electron chi connectivity index (χ4n) is 1.12. The Balaban J connectivity index is 3.95. The Morgan fingerprint density at radius 2 is 1.80 bits per heavy atom. The molecule has 2 nitrogen and oxygen atoms in total. The van der Waals surface area contributed by atoms with Gasteiger partial charge in [-0.25, -0.2) is 0 Å². The Labute approximate surface area is 96.2 Å². The van der Waals surface area contributed by atoms with Crippen LogP contribution in [0.1, 0.15) is 40.5 Å². The Bertz CT molecular complexity index is 169. The van der Waals surface area contributed by atoms with Crippen LogP contribution in [0.4, 0.5) is 0 Å². The molecule has 0 aliphatic carbocycles. The first-order valence-corrected chi connectivity index (χ1v) is 8.90. The average Bonchev–Trinajstić information content (AvgIpc) is 2.10. The van der Waals surface area contributed by atoms with Crippen LogP contribution in [0.2, 0.25) is 18.1 Å². The van der Waals surface area contributed by atoms with Crippen LogP contribution in [-0.2, 0) is 4.43 Å². The van der Waals surface area contributed by atoms with E-state index < -0.39 is 8.32 Å². The third kappa shape index (κ3) is 5.14. The second kappa shape index (κ2) is 6.02. The molecule has 15 heavy (non-hydrogen) atoms. The highest BCUT2D eigenvalue weighted by Gasteiger charge is 2.36. The number of aliphatic hydroxyl groups excluding tert-OH is 1. The van der Waals surface area contributed by atoms with Crippen LogP contribution in [0.15, 0.2) is 0 Å². The number of rotatable bonds is 6. The molecule has 0 bridgehead atoms. The maximum absolute atomic E-state index is 9.07. The van der Waals surface area contributed by atoms with Crippen molar-refractivity contribution >= 4 is 8.32 Å². The van der Waals surface area contributed by atoms with E-state index in [-0.39, 0.29) is 11.6 Å². The zero-order valence-corrected chi connectivity index (χ0v) is 12.3. The highest BCUT2D eigenvalue weighted by atomic mass is 28.4. The van der Waals surface area contributed by atoms with Crippen LogP contribution >= 0.6 is 0 Å². The highest BCUT2D eigenvalue weighted by molar-refractivity contribution is 6.74. The SMILES string of the molecule is CC[C@H](CO)CCO[Si](C)(C)C(C)(C)C. The standard InChI is InChI=1S/C12H28O2Si/c1-7-11(10-13)8-9-14-15(5,6)12(2,3)4/h11,13H,7-10H2,1-6H3/t11-/m0/s1. The molecule has 0 rings (SSSR count). The summed E-state index contributed by atoms with van der Waals surface area (Å²) in [6.07, 6.45) is 2.02. The van der Waals surface area contributed by atoms with Crippen molar-refractivity contribution in [1.29, 1.82) is 0 Å². The van der Waals surface area contributed by atoms with E-state index in [4.69, 9.17) is 9.53 Å². The third-order valence-corrected chi connectivity index (χ3v) is 8.17. The van der Waals surface area contributed by atoms with Gasteiger partial charge in [-0.15, -0.1) is 0 Å². The van der Waals surface area contributed by atoms with E-state index in [0.717, 1.165) is 19.4 Å². The first-order valence-electron chi connectivity index (χ1n) is 5.99. The summed E-state index contributed by atoms with van der Waals surface area (Å²) < 4.78 is 6.06. The second-order valence-electron chi connectivity index (χ2n) is 5.85. The molecule has 1 atom stereocenters. The van der Waals surface area contributed by atoms with Crippen molar-refractivity contribution < 1.29 is 9.53 Å². The van der Waals surface area contributed by atoms with Gasteiger partial charge in [0.1, 0.15) is 0 Å². The molecule has 0 spiro atoms. The highest BCUT2D eigenvalue weighted by Crippen LogP contribution is 2.36. The Hall–Kier alpha value is 0.137. The molecule has 0 aliphatic heterocycles. The molecule has 0 saturated heterocycles. The molecule has 0 radical (unpaired) electrons. The van der Waals surface area contributed by atoms with Crippen molar-refractivity contribution in [2.45, 2.75) is 58.7 Å². The monoisotopic (exact) mass is 232 g/mol. The van der Waals surface area contributed by atoms with Gasteiger partial charge in [0.25, 0.3) is 0 Å². The van der Waals surface area contributed by atoms with Gasteiger partial charge < -0.3 is 9.53 Å². The summed E-state index contributed by atoms with van der Waals surface area (Å²) in [5, 5.41) is 9.36. The lowest BCUT2D eigenvalue weighted by Gasteiger charge is -2.36. The quantitative estimate of drug-likeness (QED) is 0.711. The third-order valence-electron chi connectivity index (χ3n) is 3.63. The van der Waals surface area contributed by atoms with Crippen LogP contribution in [0.5, 0.6) is 0 Å². The van der Waals surface area contributed by atoms with Crippen molar-refractivity contribution in [3.63, 3.8) is 0 Å². The lowest BCUT2D eigenvalue weighted by molar-refractivity contribution is 0.182. The smallest absolute Gasteiger partial charge is 0.191 e. The molecule has 0 aromatic rings. The fraction of sp³-hybridized carbons (Fsp3) is 1.00. The van der Waals surface area contributed by atoms with Crippen LogP contribution < -0.4 is 0 Å². The van der Waals surface area contributed by atoms with E-state index in [9.17, 15) is 0 Å². The summed E-state index contributed by atoms with van der Waals surface area (Å²) in [6, 6.07) is 0. The maximum atomic E-state index is 9.07. The number of aliphatic hydroxyl groups is 1. The molecule has 0 aliphatic rings. The first kappa shape index (κ1) is 15.1. The number of hydrogen-bond donors (Lipinski definition) is 1. The van der Waals surface area contributed by atoms with Gasteiger partial charge >= 0.3 is 0 Å². The summed E-state index contributed by atoms with van der Waals surface area (Å²) >= 11 is 0. The molecule has 0 aromatic heterocycles. The van der Waals surface area contributed by atoms with Crippen LogP contribution in [0.3, 0.4) is 0 Å². The van der Waals surface area contributed by atoms with Gasteiger partial charge in [0.05, 0.1) is 0 Å². The van der Waals surface area contributed by atoms with Gasteiger partial charge in [0.15, 0.2) is 8.32 Å². The minimum atomic E-state index is -1.58. The van der Waals surface area contributed by atoms with Crippen molar-refractivity contribution in [1.82, 2.24) is 0 Å². The summed E-state index contributed by atoms with van der Waals surface area (Å²) in [4.78, 5) is 0. The molecule has 0 fully saturated rings. The van der Waals surface area contributed by atoms with Gasteiger partial charge in [0, 0.05) is 13.2 Å². The number of hydrogen-bond acceptors (Lipinski definition) is 2. The van der Waals surface area contributed by atoms with Gasteiger partial charge in [-0.1, -0.05) is 34.1 Å². The van der Waals surface area contributed by atoms with Gasteiger partial charge in [-0.2, -0.15) is 0 Å². The zero-order chi connectivity index (χ0) is 12.1. The van der Waals surface area contributed by atoms with Gasteiger partial charge in [-0.05, 0) is 30.5 Å². The maximum Gasteiger partial charge on any atom is 0.191 e. The minimum Gasteiger partial charge on any atom is -0.417 e. The summed E-state index contributed by atoms with van der Waals surface area (Å²) in [7, 11) is -1.58. The van der Waals surface area contributed by atoms with Crippen molar-refractivity contribution in [2.75, 3.05) is 13.2 Å². The van der Waals surface area contributed by atoms with Crippen molar-refractivity contribution in [3.05, 3.63) is 0 Å². The van der Waals surface area contributed by atoms with Crippen molar-refractivity contribution in [3.8, 4) is 0 Å². The fourth-order valence-corrected chi connectivity index (χ4v) is 2.18. The molecule has 1 N–H and O–H groups in total. The summed E-state index contributed by atoms with van der Waals surface area (Å²) in [6.45, 7) is 14.5. The molecule has 0 amide bonds. The van der Waals surface area contributed by atoms with E-state index in [2.05, 4.69) is 40.8 Å². The normalized spacial score (nSPS) is 15.4. The Morgan fingerprint density at radius 1 is 1.27 bits per heavy atom. The molecular formula is C12H28O2Si. The molecule has 0 aromatic carbocycles. The summed E-state index contributed by atoms with van der Waals surface area (Å²) in [5.41, 5.74) is 0. The predicted molar refractivity (Wildman–Crippen MR) is 68.6 cm³/mol. The second-order valence-corrected chi connectivity index (χ2v) is 10.7. The molecular weight excluding hydrogens is 204 g/mol. The molecule has 0 heterocycles. The van der Waals surface area contributed by atoms with Crippen molar-refractivity contribution in [2.24, 2.45) is 5.92 Å². The molecule has 92 valence electrons. The molecule has 3 heteroatoms. The zero-order valence-electron chi connectivity index (χ0n) is 11.3. The van der Waals surface area contributed by atoms with E-state index in [1.807, 2.05) is 0 Å². The minimum absolute atomic E-state index is 0.286. The van der Waals surface area contributed by atoms with E-state index >= 15 is 0 Å². The van der Waals surface area contributed by atoms with Crippen LogP contribution in [0, 0.1) is 5.92 Å². The van der Waals surface area contributed by atoms with E-state index in [0.29, 0.717) is 5.92 Å². The first-order chi connectivity index (χ1) is 6.74. The van der Waals surface area contributed by atoms with Crippen LogP contribution in [0.25, 0.3) is 0 Å². The van der Waals surface area contributed by atoms with Gasteiger partial charge in [-0.3, -0.25) is 0 Å².